The first kappa shape index (κ1) is 25.5. The number of carbonyl (C=O) groups excluding carboxylic acids is 1. The van der Waals surface area contributed by atoms with Crippen LogP contribution in [-0.4, -0.2) is 41.8 Å². The number of carbonyl (C=O) groups is 1. The molecule has 1 aromatic heterocycles. The van der Waals surface area contributed by atoms with Crippen LogP contribution >= 0.6 is 0 Å². The molecule has 0 saturated heterocycles. The van der Waals surface area contributed by atoms with Crippen molar-refractivity contribution in [2.24, 2.45) is 0 Å². The first-order chi connectivity index (χ1) is 15.8. The number of benzene rings is 1. The van der Waals surface area contributed by atoms with Crippen molar-refractivity contribution in [3.8, 4) is 5.75 Å². The number of sulfonamides is 1. The number of nitro groups is 1. The Bertz CT molecular complexity index is 1170. The molecule has 2 atom stereocenters. The van der Waals surface area contributed by atoms with E-state index in [1.807, 2.05) is 13.8 Å². The van der Waals surface area contributed by atoms with E-state index in [1.54, 1.807) is 6.07 Å². The number of halogens is 1. The molecule has 1 aromatic carbocycles. The molecule has 0 radical (unpaired) electrons. The maximum atomic E-state index is 13.8. The van der Waals surface area contributed by atoms with Crippen molar-refractivity contribution in [3.05, 3.63) is 63.7 Å². The van der Waals surface area contributed by atoms with Gasteiger partial charge in [-0.15, -0.1) is 0 Å². The van der Waals surface area contributed by atoms with Gasteiger partial charge in [0.05, 0.1) is 16.8 Å². The van der Waals surface area contributed by atoms with E-state index in [0.29, 0.717) is 23.4 Å². The van der Waals surface area contributed by atoms with Crippen LogP contribution < -0.4 is 14.8 Å². The van der Waals surface area contributed by atoms with Gasteiger partial charge < -0.3 is 10.1 Å². The van der Waals surface area contributed by atoms with E-state index in [2.05, 4.69) is 15.0 Å². The molecule has 2 aromatic rings. The van der Waals surface area contributed by atoms with Crippen LogP contribution in [0.4, 0.5) is 10.1 Å². The predicted molar refractivity (Wildman–Crippen MR) is 122 cm³/mol. The second-order valence-corrected chi connectivity index (χ2v) is 10.8. The number of nitrogens with zero attached hydrogens (tertiary/aromatic N) is 2. The first-order valence-electron chi connectivity index (χ1n) is 10.7. The second-order valence-electron chi connectivity index (χ2n) is 8.89. The fraction of sp³-hybridized carbons (Fsp3) is 0.455. The lowest BCUT2D eigenvalue weighted by Gasteiger charge is -2.37. The van der Waals surface area contributed by atoms with Crippen molar-refractivity contribution in [1.29, 1.82) is 0 Å². The molecule has 0 bridgehead atoms. The van der Waals surface area contributed by atoms with E-state index >= 15 is 0 Å². The summed E-state index contributed by atoms with van der Waals surface area (Å²) >= 11 is 0. The lowest BCUT2D eigenvalue weighted by atomic mass is 9.83. The number of pyridine rings is 1. The number of hydrogen-bond acceptors (Lipinski definition) is 7. The van der Waals surface area contributed by atoms with Gasteiger partial charge in [0.15, 0.2) is 0 Å². The highest BCUT2D eigenvalue weighted by Crippen LogP contribution is 2.42. The monoisotopic (exact) mass is 494 g/mol. The molecule has 2 N–H and O–H groups in total. The van der Waals surface area contributed by atoms with E-state index in [-0.39, 0.29) is 30.2 Å². The zero-order chi connectivity index (χ0) is 25.1. The normalized spacial score (nSPS) is 17.8. The molecule has 0 saturated carbocycles. The number of amides is 1. The van der Waals surface area contributed by atoms with E-state index < -0.39 is 38.4 Å². The molecule has 1 aliphatic heterocycles. The Morgan fingerprint density at radius 1 is 1.35 bits per heavy atom. The van der Waals surface area contributed by atoms with Crippen LogP contribution in [-0.2, 0) is 21.2 Å². The van der Waals surface area contributed by atoms with Crippen LogP contribution in [0.2, 0.25) is 0 Å². The minimum absolute atomic E-state index is 0.00481. The Morgan fingerprint density at radius 2 is 2.09 bits per heavy atom. The summed E-state index contributed by atoms with van der Waals surface area (Å²) < 4.78 is 47.9. The van der Waals surface area contributed by atoms with Crippen molar-refractivity contribution in [3.63, 3.8) is 0 Å². The van der Waals surface area contributed by atoms with Gasteiger partial charge >= 0.3 is 0 Å². The van der Waals surface area contributed by atoms with Gasteiger partial charge in [-0.3, -0.25) is 19.9 Å². The summed E-state index contributed by atoms with van der Waals surface area (Å²) in [5.74, 6) is -0.831. The van der Waals surface area contributed by atoms with Crippen LogP contribution in [0.5, 0.6) is 5.75 Å². The van der Waals surface area contributed by atoms with E-state index in [0.717, 1.165) is 6.20 Å². The van der Waals surface area contributed by atoms with Crippen molar-refractivity contribution in [2.45, 2.75) is 57.7 Å². The number of nitrogens with one attached hydrogen (secondary N) is 2. The summed E-state index contributed by atoms with van der Waals surface area (Å²) in [5, 5.41) is 13.3. The van der Waals surface area contributed by atoms with Gasteiger partial charge in [0.2, 0.25) is 15.9 Å². The molecule has 0 aliphatic carbocycles. The fourth-order valence-electron chi connectivity index (χ4n) is 4.03. The van der Waals surface area contributed by atoms with Crippen LogP contribution in [0.3, 0.4) is 0 Å². The zero-order valence-corrected chi connectivity index (χ0v) is 19.9. The highest BCUT2D eigenvalue weighted by Gasteiger charge is 2.34. The van der Waals surface area contributed by atoms with Crippen molar-refractivity contribution in [2.75, 3.05) is 5.75 Å². The number of ether oxygens (including phenoxy) is 1. The number of rotatable bonds is 9. The fourth-order valence-corrected chi connectivity index (χ4v) is 5.32. The van der Waals surface area contributed by atoms with Crippen molar-refractivity contribution < 1.29 is 27.3 Å². The average Bonchev–Trinajstić information content (AvgIpc) is 2.71. The smallest absolute Gasteiger partial charge is 0.287 e. The van der Waals surface area contributed by atoms with Gasteiger partial charge in [0.1, 0.15) is 23.4 Å². The maximum absolute atomic E-state index is 13.8. The minimum atomic E-state index is -3.85. The minimum Gasteiger partial charge on any atom is -0.488 e. The van der Waals surface area contributed by atoms with Crippen LogP contribution in [0, 0.1) is 15.9 Å². The third-order valence-corrected chi connectivity index (χ3v) is 6.82. The summed E-state index contributed by atoms with van der Waals surface area (Å²) in [6.45, 7) is 5.03. The summed E-state index contributed by atoms with van der Waals surface area (Å²) in [7, 11) is -3.85. The van der Waals surface area contributed by atoms with Gasteiger partial charge in [-0.2, -0.15) is 4.72 Å². The Balaban J connectivity index is 1.71. The van der Waals surface area contributed by atoms with E-state index in [4.69, 9.17) is 4.74 Å². The Kier molecular flexibility index (Phi) is 7.51. The third kappa shape index (κ3) is 6.94. The molecular formula is C22H27FN4O6S. The average molecular weight is 495 g/mol. The summed E-state index contributed by atoms with van der Waals surface area (Å²) in [4.78, 5) is 25.8. The van der Waals surface area contributed by atoms with Gasteiger partial charge in [-0.1, -0.05) is 0 Å². The molecule has 34 heavy (non-hydrogen) atoms. The molecule has 12 heteroatoms. The number of hydrogen-bond donors (Lipinski definition) is 2. The number of fused-ring (bicyclic) bond motifs is 1. The standard InChI is InChI=1S/C22H27FN4O6S/c1-14(28)25-21(11-17-5-6-18(13-24-17)27(29)30)26-34(31,32)9-8-15-12-22(2,3)33-20-7-4-16(23)10-19(15)20/h4-7,10,13,15,21,26H,8-9,11-12H2,1-3H3,(H,25,28). The predicted octanol–water partition coefficient (Wildman–Crippen LogP) is 2.79. The summed E-state index contributed by atoms with van der Waals surface area (Å²) in [6.07, 6.45) is 0.808. The van der Waals surface area contributed by atoms with Gasteiger partial charge in [-0.25, -0.2) is 12.8 Å². The van der Waals surface area contributed by atoms with E-state index in [9.17, 15) is 27.7 Å². The van der Waals surface area contributed by atoms with Crippen molar-refractivity contribution >= 4 is 21.6 Å². The maximum Gasteiger partial charge on any atom is 0.287 e. The summed E-state index contributed by atoms with van der Waals surface area (Å²) in [6, 6.07) is 6.88. The second kappa shape index (κ2) is 10.0. The molecule has 3 rings (SSSR count). The van der Waals surface area contributed by atoms with Crippen LogP contribution in [0.15, 0.2) is 36.5 Å². The Labute approximate surface area is 197 Å². The largest absolute Gasteiger partial charge is 0.488 e. The highest BCUT2D eigenvalue weighted by molar-refractivity contribution is 7.89. The summed E-state index contributed by atoms with van der Waals surface area (Å²) in [5.41, 5.74) is 0.259. The third-order valence-electron chi connectivity index (χ3n) is 5.40. The molecule has 1 amide bonds. The zero-order valence-electron chi connectivity index (χ0n) is 19.1. The van der Waals surface area contributed by atoms with Gasteiger partial charge in [0.25, 0.3) is 5.69 Å². The molecule has 1 aliphatic rings. The Morgan fingerprint density at radius 3 is 2.71 bits per heavy atom. The molecule has 0 spiro atoms. The molecule has 2 unspecified atom stereocenters. The van der Waals surface area contributed by atoms with Crippen LogP contribution in [0.25, 0.3) is 0 Å². The van der Waals surface area contributed by atoms with E-state index in [1.165, 1.54) is 31.2 Å². The molecule has 2 heterocycles. The molecule has 184 valence electrons. The van der Waals surface area contributed by atoms with Gasteiger partial charge in [-0.05, 0) is 56.9 Å². The lowest BCUT2D eigenvalue weighted by Crippen LogP contribution is -2.49. The quantitative estimate of drug-likeness (QED) is 0.310. The van der Waals surface area contributed by atoms with Crippen LogP contribution in [0.1, 0.15) is 50.8 Å². The topological polar surface area (TPSA) is 141 Å². The molecule has 0 fully saturated rings. The first-order valence-corrected chi connectivity index (χ1v) is 12.3. The lowest BCUT2D eigenvalue weighted by molar-refractivity contribution is -0.385. The molecular weight excluding hydrogens is 467 g/mol. The highest BCUT2D eigenvalue weighted by atomic mass is 32.2. The molecule has 10 nitrogen and oxygen atoms in total. The van der Waals surface area contributed by atoms with Crippen molar-refractivity contribution in [1.82, 2.24) is 15.0 Å². The van der Waals surface area contributed by atoms with Gasteiger partial charge in [0, 0.05) is 30.7 Å². The SMILES string of the molecule is CC(=O)NC(Cc1ccc([N+](=O)[O-])cn1)NS(=O)(=O)CCC1CC(C)(C)Oc2ccc(F)cc21. The Hall–Kier alpha value is -3.12. The number of aromatic nitrogens is 1.